The van der Waals surface area contributed by atoms with E-state index in [9.17, 15) is 9.59 Å². The van der Waals surface area contributed by atoms with Gasteiger partial charge in [-0.15, -0.1) is 0 Å². The van der Waals surface area contributed by atoms with Crippen molar-refractivity contribution in [3.8, 4) is 5.75 Å². The van der Waals surface area contributed by atoms with Crippen LogP contribution in [0.4, 0.5) is 0 Å². The molecule has 0 aliphatic heterocycles. The van der Waals surface area contributed by atoms with Crippen LogP contribution in [0, 0.1) is 0 Å². The van der Waals surface area contributed by atoms with Crippen molar-refractivity contribution < 1.29 is 24.3 Å². The maximum Gasteiger partial charge on any atom is 0.331 e. The van der Waals surface area contributed by atoms with Gasteiger partial charge >= 0.3 is 5.97 Å². The van der Waals surface area contributed by atoms with Crippen LogP contribution in [-0.2, 0) is 9.63 Å². The molecular weight excluding hydrogens is 354 g/mol. The first kappa shape index (κ1) is 19.7. The number of rotatable bonds is 8. The van der Waals surface area contributed by atoms with Crippen LogP contribution >= 0.6 is 11.8 Å². The summed E-state index contributed by atoms with van der Waals surface area (Å²) in [5.74, 6) is -0.224. The maximum atomic E-state index is 12.6. The third kappa shape index (κ3) is 5.72. The van der Waals surface area contributed by atoms with Crippen LogP contribution in [0.3, 0.4) is 0 Å². The molecule has 0 saturated heterocycles. The van der Waals surface area contributed by atoms with E-state index in [1.54, 1.807) is 24.3 Å². The van der Waals surface area contributed by atoms with Crippen LogP contribution < -0.4 is 4.74 Å². The van der Waals surface area contributed by atoms with Crippen molar-refractivity contribution in [2.75, 3.05) is 13.2 Å². The molecule has 0 bridgehead atoms. The van der Waals surface area contributed by atoms with Crippen molar-refractivity contribution in [2.45, 2.75) is 23.6 Å². The molecule has 0 unspecified atom stereocenters. The van der Waals surface area contributed by atoms with E-state index < -0.39 is 5.97 Å². The lowest BCUT2D eigenvalue weighted by Gasteiger charge is -2.09. The van der Waals surface area contributed by atoms with Gasteiger partial charge in [0.25, 0.3) is 0 Å². The first-order chi connectivity index (χ1) is 12.5. The van der Waals surface area contributed by atoms with E-state index in [-0.39, 0.29) is 24.7 Å². The average Bonchev–Trinajstić information content (AvgIpc) is 2.65. The molecule has 0 aliphatic carbocycles. The zero-order valence-electron chi connectivity index (χ0n) is 14.5. The molecule has 0 atom stereocenters. The Balaban J connectivity index is 2.17. The second kappa shape index (κ2) is 9.74. The number of nitrogens with zero attached hydrogens (tertiary/aromatic N) is 1. The molecule has 0 heterocycles. The fourth-order valence-electron chi connectivity index (χ4n) is 2.01. The number of hydrogen-bond donors (Lipinski definition) is 1. The molecule has 2 aromatic carbocycles. The van der Waals surface area contributed by atoms with Gasteiger partial charge in [0.2, 0.25) is 5.78 Å². The molecule has 7 heteroatoms. The zero-order chi connectivity index (χ0) is 18.9. The lowest BCUT2D eigenvalue weighted by atomic mass is 10.1. The van der Waals surface area contributed by atoms with Gasteiger partial charge in [-0.1, -0.05) is 29.1 Å². The summed E-state index contributed by atoms with van der Waals surface area (Å²) in [5.41, 5.74) is 0.576. The van der Waals surface area contributed by atoms with Crippen molar-refractivity contribution in [1.82, 2.24) is 0 Å². The van der Waals surface area contributed by atoms with E-state index in [1.807, 2.05) is 24.3 Å². The van der Waals surface area contributed by atoms with Crippen molar-refractivity contribution in [3.05, 3.63) is 54.1 Å². The van der Waals surface area contributed by atoms with Crippen molar-refractivity contribution in [3.63, 3.8) is 0 Å². The number of ether oxygens (including phenoxy) is 1. The van der Waals surface area contributed by atoms with Gasteiger partial charge in [0.15, 0.2) is 0 Å². The third-order valence-electron chi connectivity index (χ3n) is 3.18. The molecule has 26 heavy (non-hydrogen) atoms. The molecule has 6 nitrogen and oxygen atoms in total. The van der Waals surface area contributed by atoms with Gasteiger partial charge < -0.3 is 14.7 Å². The number of oxime groups is 1. The summed E-state index contributed by atoms with van der Waals surface area (Å²) >= 11 is 1.43. The minimum atomic E-state index is -0.580. The summed E-state index contributed by atoms with van der Waals surface area (Å²) in [6, 6.07) is 14.5. The summed E-state index contributed by atoms with van der Waals surface area (Å²) < 4.78 is 5.33. The molecule has 0 amide bonds. The molecule has 0 aliphatic rings. The topological polar surface area (TPSA) is 85.2 Å². The van der Waals surface area contributed by atoms with Crippen LogP contribution in [0.15, 0.2) is 63.5 Å². The first-order valence-electron chi connectivity index (χ1n) is 7.88. The summed E-state index contributed by atoms with van der Waals surface area (Å²) in [6.45, 7) is 2.92. The lowest BCUT2D eigenvalue weighted by molar-refractivity contribution is -0.140. The smallest absolute Gasteiger partial charge is 0.331 e. The van der Waals surface area contributed by atoms with Crippen LogP contribution in [0.25, 0.3) is 0 Å². The molecule has 0 aromatic heterocycles. The predicted octanol–water partition coefficient (Wildman–Crippen LogP) is 3.33. The summed E-state index contributed by atoms with van der Waals surface area (Å²) in [5, 5.41) is 12.3. The lowest BCUT2D eigenvalue weighted by Crippen LogP contribution is -2.13. The van der Waals surface area contributed by atoms with E-state index in [0.29, 0.717) is 11.3 Å². The largest absolute Gasteiger partial charge is 0.491 e. The van der Waals surface area contributed by atoms with E-state index in [2.05, 4.69) is 9.99 Å². The molecule has 1 N–H and O–H groups in total. The number of Topliss-reactive ketones (excluding diaryl/α,β-unsaturated/α-hetero) is 1. The highest BCUT2D eigenvalue weighted by molar-refractivity contribution is 7.99. The number of aliphatic hydroxyl groups is 1. The van der Waals surface area contributed by atoms with Gasteiger partial charge in [0.05, 0.1) is 6.61 Å². The van der Waals surface area contributed by atoms with Gasteiger partial charge in [-0.3, -0.25) is 4.79 Å². The van der Waals surface area contributed by atoms with Crippen LogP contribution in [0.5, 0.6) is 5.75 Å². The van der Waals surface area contributed by atoms with Gasteiger partial charge in [0.1, 0.15) is 18.1 Å². The van der Waals surface area contributed by atoms with Crippen molar-refractivity contribution in [1.29, 1.82) is 0 Å². The van der Waals surface area contributed by atoms with Crippen LogP contribution in [0.1, 0.15) is 24.2 Å². The summed E-state index contributed by atoms with van der Waals surface area (Å²) in [4.78, 5) is 29.6. The number of benzene rings is 2. The van der Waals surface area contributed by atoms with E-state index in [4.69, 9.17) is 9.84 Å². The average molecular weight is 373 g/mol. The predicted molar refractivity (Wildman–Crippen MR) is 98.8 cm³/mol. The highest BCUT2D eigenvalue weighted by Crippen LogP contribution is 2.32. The third-order valence-corrected chi connectivity index (χ3v) is 4.27. The Kier molecular flexibility index (Phi) is 7.37. The van der Waals surface area contributed by atoms with E-state index in [1.165, 1.54) is 25.6 Å². The number of aliphatic hydroxyl groups excluding tert-OH is 1. The summed E-state index contributed by atoms with van der Waals surface area (Å²) in [7, 11) is 0. The van der Waals surface area contributed by atoms with E-state index >= 15 is 0 Å². The molecule has 136 valence electrons. The molecule has 0 spiro atoms. The Labute approximate surface area is 155 Å². The molecular formula is C19H19NO5S. The summed E-state index contributed by atoms with van der Waals surface area (Å²) in [6.07, 6.45) is 0. The molecule has 0 saturated carbocycles. The minimum absolute atomic E-state index is 0.0414. The monoisotopic (exact) mass is 373 g/mol. The van der Waals surface area contributed by atoms with Gasteiger partial charge in [-0.2, -0.15) is 0 Å². The first-order valence-corrected chi connectivity index (χ1v) is 8.70. The van der Waals surface area contributed by atoms with Crippen LogP contribution in [-0.4, -0.2) is 35.8 Å². The Bertz CT molecular complexity index is 802. The fourth-order valence-corrected chi connectivity index (χ4v) is 2.95. The standard InChI is InChI=1S/C19H19NO5S/c1-13(20-25-14(2)22)19(23)17-5-3-4-6-18(17)26-16-9-7-15(8-10-16)24-12-11-21/h3-10,21H,11-12H2,1-2H3/b20-13+. The Morgan fingerprint density at radius 1 is 1.08 bits per heavy atom. The van der Waals surface area contributed by atoms with Crippen molar-refractivity contribution >= 4 is 29.2 Å². The molecule has 2 rings (SSSR count). The zero-order valence-corrected chi connectivity index (χ0v) is 15.3. The number of carbonyl (C=O) groups is 2. The fraction of sp³-hybridized carbons (Fsp3) is 0.211. The van der Waals surface area contributed by atoms with Gasteiger partial charge in [-0.25, -0.2) is 4.79 Å². The van der Waals surface area contributed by atoms with Gasteiger partial charge in [-0.05, 0) is 43.3 Å². The van der Waals surface area contributed by atoms with Gasteiger partial charge in [0, 0.05) is 22.3 Å². The Hall–Kier alpha value is -2.64. The number of ketones is 1. The normalized spacial score (nSPS) is 11.1. The molecule has 0 radical (unpaired) electrons. The second-order valence-corrected chi connectivity index (χ2v) is 6.35. The quantitative estimate of drug-likeness (QED) is 0.331. The maximum absolute atomic E-state index is 12.6. The number of hydrogen-bond acceptors (Lipinski definition) is 7. The van der Waals surface area contributed by atoms with Crippen molar-refractivity contribution in [2.24, 2.45) is 5.16 Å². The number of carbonyl (C=O) groups excluding carboxylic acids is 2. The Morgan fingerprint density at radius 2 is 1.77 bits per heavy atom. The van der Waals surface area contributed by atoms with Crippen LogP contribution in [0.2, 0.25) is 0 Å². The Morgan fingerprint density at radius 3 is 2.42 bits per heavy atom. The highest BCUT2D eigenvalue weighted by atomic mass is 32.2. The SMILES string of the molecule is CC(=O)O/N=C(\C)C(=O)c1ccccc1Sc1ccc(OCCO)cc1. The van der Waals surface area contributed by atoms with E-state index in [0.717, 1.165) is 9.79 Å². The highest BCUT2D eigenvalue weighted by Gasteiger charge is 2.16. The molecule has 2 aromatic rings. The second-order valence-electron chi connectivity index (χ2n) is 5.23. The molecule has 0 fully saturated rings. The minimum Gasteiger partial charge on any atom is -0.491 e.